The Kier molecular flexibility index (Phi) is 4.30. The molecule has 0 heterocycles. The number of halogens is 2. The van der Waals surface area contributed by atoms with Gasteiger partial charge in [0.1, 0.15) is 0 Å². The van der Waals surface area contributed by atoms with Crippen LogP contribution in [-0.4, -0.2) is 12.6 Å². The number of hydrogen-bond acceptors (Lipinski definition) is 1. The monoisotopic (exact) mass is 287 g/mol. The van der Waals surface area contributed by atoms with E-state index >= 15 is 0 Å². The maximum atomic E-state index is 13.4. The first-order valence-corrected chi connectivity index (χ1v) is 7.44. The minimum atomic E-state index is -0.786. The molecule has 0 aromatic heterocycles. The van der Waals surface area contributed by atoms with Crippen LogP contribution >= 0.6 is 0 Å². The van der Waals surface area contributed by atoms with Crippen LogP contribution in [0.3, 0.4) is 0 Å². The van der Waals surface area contributed by atoms with E-state index in [0.717, 1.165) is 12.1 Å². The maximum absolute atomic E-state index is 13.4. The van der Waals surface area contributed by atoms with Crippen LogP contribution in [0.5, 0.6) is 0 Å². The molecule has 0 aliphatic heterocycles. The molecule has 2 aromatic rings. The fraction of sp³-hybridized carbons (Fsp3) is 0.333. The Morgan fingerprint density at radius 2 is 1.76 bits per heavy atom. The van der Waals surface area contributed by atoms with Crippen LogP contribution in [0.1, 0.15) is 29.9 Å². The molecule has 3 heteroatoms. The molecule has 1 aliphatic carbocycles. The molecule has 1 atom stereocenters. The standard InChI is InChI=1S/C18H19F2N/c19-17-9-6-13(11-18(17)20)10-15(12-21-16-7-8-16)14-4-2-1-3-5-14/h1-6,9,11,15-16,21H,7-8,10,12H2. The number of hydrogen-bond donors (Lipinski definition) is 1. The first-order chi connectivity index (χ1) is 10.2. The van der Waals surface area contributed by atoms with Crippen LogP contribution in [0, 0.1) is 11.6 Å². The molecular formula is C18H19F2N. The molecule has 110 valence electrons. The molecule has 1 nitrogen and oxygen atoms in total. The van der Waals surface area contributed by atoms with Crippen molar-refractivity contribution in [3.63, 3.8) is 0 Å². The van der Waals surface area contributed by atoms with E-state index in [4.69, 9.17) is 0 Å². The Morgan fingerprint density at radius 3 is 2.43 bits per heavy atom. The quantitative estimate of drug-likeness (QED) is 0.845. The lowest BCUT2D eigenvalue weighted by Crippen LogP contribution is -2.24. The summed E-state index contributed by atoms with van der Waals surface area (Å²) >= 11 is 0. The van der Waals surface area contributed by atoms with E-state index in [1.807, 2.05) is 18.2 Å². The summed E-state index contributed by atoms with van der Waals surface area (Å²) in [5.74, 6) is -1.28. The zero-order valence-corrected chi connectivity index (χ0v) is 11.9. The fourth-order valence-electron chi connectivity index (χ4n) is 2.58. The third-order valence-corrected chi connectivity index (χ3v) is 3.97. The molecule has 1 aliphatic rings. The van der Waals surface area contributed by atoms with E-state index in [1.165, 1.54) is 30.5 Å². The summed E-state index contributed by atoms with van der Waals surface area (Å²) in [5.41, 5.74) is 2.07. The van der Waals surface area contributed by atoms with Gasteiger partial charge in [0.05, 0.1) is 0 Å². The van der Waals surface area contributed by atoms with Gasteiger partial charge in [-0.2, -0.15) is 0 Å². The van der Waals surface area contributed by atoms with Crippen molar-refractivity contribution in [3.05, 3.63) is 71.3 Å². The molecule has 1 saturated carbocycles. The van der Waals surface area contributed by atoms with Crippen molar-refractivity contribution in [2.24, 2.45) is 0 Å². The van der Waals surface area contributed by atoms with Gasteiger partial charge in [-0.3, -0.25) is 0 Å². The van der Waals surface area contributed by atoms with Crippen molar-refractivity contribution < 1.29 is 8.78 Å². The molecule has 0 amide bonds. The molecule has 0 radical (unpaired) electrons. The second-order valence-corrected chi connectivity index (χ2v) is 5.74. The van der Waals surface area contributed by atoms with E-state index in [1.54, 1.807) is 6.07 Å². The summed E-state index contributed by atoms with van der Waals surface area (Å²) in [5, 5.41) is 3.53. The van der Waals surface area contributed by atoms with Gasteiger partial charge in [-0.1, -0.05) is 36.4 Å². The van der Waals surface area contributed by atoms with Gasteiger partial charge in [0.25, 0.3) is 0 Å². The first-order valence-electron chi connectivity index (χ1n) is 7.44. The van der Waals surface area contributed by atoms with Gasteiger partial charge in [-0.25, -0.2) is 8.78 Å². The van der Waals surface area contributed by atoms with Gasteiger partial charge < -0.3 is 5.32 Å². The average molecular weight is 287 g/mol. The van der Waals surface area contributed by atoms with Crippen molar-refractivity contribution in [2.75, 3.05) is 6.54 Å². The average Bonchev–Trinajstić information content (AvgIpc) is 3.32. The van der Waals surface area contributed by atoms with Crippen LogP contribution in [0.25, 0.3) is 0 Å². The van der Waals surface area contributed by atoms with Gasteiger partial charge in [0.15, 0.2) is 11.6 Å². The Hall–Kier alpha value is -1.74. The molecule has 1 fully saturated rings. The smallest absolute Gasteiger partial charge is 0.159 e. The van der Waals surface area contributed by atoms with Crippen LogP contribution in [0.4, 0.5) is 8.78 Å². The minimum Gasteiger partial charge on any atom is -0.313 e. The highest BCUT2D eigenvalue weighted by Gasteiger charge is 2.22. The van der Waals surface area contributed by atoms with Gasteiger partial charge in [-0.15, -0.1) is 0 Å². The van der Waals surface area contributed by atoms with Crippen molar-refractivity contribution in [1.29, 1.82) is 0 Å². The number of nitrogens with one attached hydrogen (secondary N) is 1. The SMILES string of the molecule is Fc1ccc(CC(CNC2CC2)c2ccccc2)cc1F. The first kappa shape index (κ1) is 14.2. The van der Waals surface area contributed by atoms with E-state index in [0.29, 0.717) is 12.5 Å². The zero-order valence-electron chi connectivity index (χ0n) is 11.9. The molecule has 0 saturated heterocycles. The lowest BCUT2D eigenvalue weighted by atomic mass is 9.92. The largest absolute Gasteiger partial charge is 0.313 e. The summed E-state index contributed by atoms with van der Waals surface area (Å²) in [6, 6.07) is 15.1. The second kappa shape index (κ2) is 6.35. The lowest BCUT2D eigenvalue weighted by Gasteiger charge is -2.18. The Morgan fingerprint density at radius 1 is 1.00 bits per heavy atom. The van der Waals surface area contributed by atoms with E-state index in [2.05, 4.69) is 17.4 Å². The minimum absolute atomic E-state index is 0.275. The summed E-state index contributed by atoms with van der Waals surface area (Å²) in [6.45, 7) is 0.869. The van der Waals surface area contributed by atoms with Crippen LogP contribution in [0.15, 0.2) is 48.5 Å². The number of rotatable bonds is 6. The molecule has 21 heavy (non-hydrogen) atoms. The molecule has 0 spiro atoms. The lowest BCUT2D eigenvalue weighted by molar-refractivity contribution is 0.505. The second-order valence-electron chi connectivity index (χ2n) is 5.74. The van der Waals surface area contributed by atoms with Gasteiger partial charge in [0.2, 0.25) is 0 Å². The summed E-state index contributed by atoms with van der Waals surface area (Å²) < 4.78 is 26.4. The molecule has 2 aromatic carbocycles. The summed E-state index contributed by atoms with van der Waals surface area (Å²) in [7, 11) is 0. The molecule has 1 unspecified atom stereocenters. The highest BCUT2D eigenvalue weighted by atomic mass is 19.2. The van der Waals surface area contributed by atoms with Crippen LogP contribution in [-0.2, 0) is 6.42 Å². The normalized spacial score (nSPS) is 15.9. The molecule has 1 N–H and O–H groups in total. The van der Waals surface area contributed by atoms with Crippen molar-refractivity contribution in [2.45, 2.75) is 31.2 Å². The third-order valence-electron chi connectivity index (χ3n) is 3.97. The van der Waals surface area contributed by atoms with Crippen LogP contribution in [0.2, 0.25) is 0 Å². The molecule has 3 rings (SSSR count). The Bertz CT molecular complexity index is 593. The third kappa shape index (κ3) is 3.88. The Labute approximate surface area is 124 Å². The van der Waals surface area contributed by atoms with Crippen LogP contribution < -0.4 is 5.32 Å². The molecular weight excluding hydrogens is 268 g/mol. The van der Waals surface area contributed by atoms with E-state index < -0.39 is 11.6 Å². The van der Waals surface area contributed by atoms with Crippen molar-refractivity contribution in [3.8, 4) is 0 Å². The summed E-state index contributed by atoms with van der Waals surface area (Å²) in [4.78, 5) is 0. The topological polar surface area (TPSA) is 12.0 Å². The van der Waals surface area contributed by atoms with Gasteiger partial charge in [-0.05, 0) is 42.5 Å². The highest BCUT2D eigenvalue weighted by molar-refractivity contribution is 5.25. The fourth-order valence-corrected chi connectivity index (χ4v) is 2.58. The summed E-state index contributed by atoms with van der Waals surface area (Å²) in [6.07, 6.45) is 3.19. The van der Waals surface area contributed by atoms with Crippen molar-refractivity contribution in [1.82, 2.24) is 5.32 Å². The van der Waals surface area contributed by atoms with Gasteiger partial charge >= 0.3 is 0 Å². The Balaban J connectivity index is 1.75. The maximum Gasteiger partial charge on any atom is 0.159 e. The zero-order chi connectivity index (χ0) is 14.7. The van der Waals surface area contributed by atoms with Gasteiger partial charge in [0, 0.05) is 18.5 Å². The molecule has 0 bridgehead atoms. The predicted molar refractivity (Wildman–Crippen MR) is 80.3 cm³/mol. The van der Waals surface area contributed by atoms with Crippen molar-refractivity contribution >= 4 is 0 Å². The van der Waals surface area contributed by atoms with E-state index in [9.17, 15) is 8.78 Å². The highest BCUT2D eigenvalue weighted by Crippen LogP contribution is 2.24. The number of benzene rings is 2. The predicted octanol–water partition coefficient (Wildman–Crippen LogP) is 4.04. The van der Waals surface area contributed by atoms with E-state index in [-0.39, 0.29) is 5.92 Å².